The maximum atomic E-state index is 10.7. The molecule has 0 aliphatic carbocycles. The fourth-order valence-corrected chi connectivity index (χ4v) is 1.74. The van der Waals surface area contributed by atoms with Crippen LogP contribution >= 0.6 is 0 Å². The van der Waals surface area contributed by atoms with Crippen molar-refractivity contribution in [3.05, 3.63) is 34.7 Å². The van der Waals surface area contributed by atoms with Crippen molar-refractivity contribution >= 4 is 11.5 Å². The molecule has 0 spiro atoms. The van der Waals surface area contributed by atoms with Crippen molar-refractivity contribution < 1.29 is 9.76 Å². The van der Waals surface area contributed by atoms with Crippen molar-refractivity contribution in [3.63, 3.8) is 0 Å². The molecule has 1 aliphatic rings. The normalized spacial score (nSPS) is 14.1. The molecule has 0 aromatic carbocycles. The topological polar surface area (TPSA) is 83.4 Å². The molecule has 7 heteroatoms. The lowest BCUT2D eigenvalue weighted by Crippen LogP contribution is -2.15. The smallest absolute Gasteiger partial charge is 0.310 e. The zero-order valence-corrected chi connectivity index (χ0v) is 9.96. The van der Waals surface area contributed by atoms with Crippen molar-refractivity contribution in [1.82, 2.24) is 10.0 Å². The van der Waals surface area contributed by atoms with E-state index in [1.165, 1.54) is 6.07 Å². The van der Waals surface area contributed by atoms with Crippen LogP contribution in [-0.2, 0) is 4.84 Å². The second-order valence-corrected chi connectivity index (χ2v) is 3.95. The Balaban J connectivity index is 1.64. The van der Waals surface area contributed by atoms with E-state index in [1.807, 2.05) is 12.3 Å². The number of hydrogen-bond acceptors (Lipinski definition) is 5. The van der Waals surface area contributed by atoms with E-state index in [2.05, 4.69) is 10.3 Å². The van der Waals surface area contributed by atoms with Crippen molar-refractivity contribution in [3.8, 4) is 0 Å². The van der Waals surface area contributed by atoms with Gasteiger partial charge in [-0.1, -0.05) is 0 Å². The Morgan fingerprint density at radius 2 is 2.44 bits per heavy atom. The molecule has 2 N–H and O–H groups in total. The molecule has 0 radical (unpaired) electrons. The number of anilines is 1. The Bertz CT molecular complexity index is 430. The summed E-state index contributed by atoms with van der Waals surface area (Å²) in [6.45, 7) is 2.18. The number of aromatic nitrogens is 1. The average molecular weight is 252 g/mol. The third-order valence-electron chi connectivity index (χ3n) is 2.64. The minimum absolute atomic E-state index is 0.0841. The highest BCUT2D eigenvalue weighted by atomic mass is 16.7. The number of hydrogen-bond donors (Lipinski definition) is 2. The summed E-state index contributed by atoms with van der Waals surface area (Å²) in [7, 11) is 0. The van der Waals surface area contributed by atoms with Crippen molar-refractivity contribution in [1.29, 1.82) is 0 Å². The summed E-state index contributed by atoms with van der Waals surface area (Å²) in [5.41, 5.74) is 0.0841. The second kappa shape index (κ2) is 6.06. The highest BCUT2D eigenvalue weighted by Crippen LogP contribution is 2.21. The first-order valence-corrected chi connectivity index (χ1v) is 5.89. The summed E-state index contributed by atoms with van der Waals surface area (Å²) in [6.07, 6.45) is 7.32. The molecule has 0 bridgehead atoms. The highest BCUT2D eigenvalue weighted by Gasteiger charge is 2.13. The fraction of sp³-hybridized carbons (Fsp3) is 0.455. The molecule has 0 amide bonds. The molecule has 98 valence electrons. The van der Waals surface area contributed by atoms with Gasteiger partial charge in [-0.15, -0.1) is 0 Å². The predicted molar refractivity (Wildman–Crippen MR) is 67.0 cm³/mol. The predicted octanol–water partition coefficient (Wildman–Crippen LogP) is 1.88. The number of aromatic amines is 1. The zero-order chi connectivity index (χ0) is 12.8. The van der Waals surface area contributed by atoms with Crippen molar-refractivity contribution in [2.75, 3.05) is 25.0 Å². The molecule has 0 saturated heterocycles. The maximum absolute atomic E-state index is 10.7. The Morgan fingerprint density at radius 3 is 3.17 bits per heavy atom. The molecule has 0 saturated carbocycles. The summed E-state index contributed by atoms with van der Waals surface area (Å²) in [5, 5.41) is 15.5. The second-order valence-electron chi connectivity index (χ2n) is 3.95. The molecule has 0 unspecified atom stereocenters. The molecule has 1 aromatic heterocycles. The maximum Gasteiger partial charge on any atom is 0.310 e. The average Bonchev–Trinajstić information content (AvgIpc) is 2.98. The van der Waals surface area contributed by atoms with Gasteiger partial charge in [0.2, 0.25) is 0 Å². The number of H-pyrrole nitrogens is 1. The van der Waals surface area contributed by atoms with Gasteiger partial charge in [0.05, 0.1) is 11.5 Å². The number of rotatable bonds is 7. The van der Waals surface area contributed by atoms with Crippen LogP contribution in [0.2, 0.25) is 0 Å². The summed E-state index contributed by atoms with van der Waals surface area (Å²) in [4.78, 5) is 18.3. The SMILES string of the molecule is O=[N+]([O-])c1cc[nH]c1NCCCCN1C=CCO1. The Labute approximate surface area is 105 Å². The number of nitrogens with one attached hydrogen (secondary N) is 2. The Morgan fingerprint density at radius 1 is 1.56 bits per heavy atom. The van der Waals surface area contributed by atoms with Crippen molar-refractivity contribution in [2.45, 2.75) is 12.8 Å². The van der Waals surface area contributed by atoms with Crippen LogP contribution in [0.5, 0.6) is 0 Å². The van der Waals surface area contributed by atoms with E-state index in [0.29, 0.717) is 19.0 Å². The quantitative estimate of drug-likeness (QED) is 0.439. The molecule has 0 fully saturated rings. The molecular formula is C11H16N4O3. The first-order chi connectivity index (χ1) is 8.77. The summed E-state index contributed by atoms with van der Waals surface area (Å²) >= 11 is 0. The first kappa shape index (κ1) is 12.4. The monoisotopic (exact) mass is 252 g/mol. The minimum Gasteiger partial charge on any atom is -0.366 e. The van der Waals surface area contributed by atoms with Crippen LogP contribution < -0.4 is 5.32 Å². The lowest BCUT2D eigenvalue weighted by Gasteiger charge is -2.13. The lowest BCUT2D eigenvalue weighted by molar-refractivity contribution is -0.383. The number of unbranched alkanes of at least 4 members (excludes halogenated alkanes) is 1. The fourth-order valence-electron chi connectivity index (χ4n) is 1.74. The molecule has 0 atom stereocenters. The van der Waals surface area contributed by atoms with Gasteiger partial charge < -0.3 is 10.3 Å². The van der Waals surface area contributed by atoms with Gasteiger partial charge >= 0.3 is 5.69 Å². The largest absolute Gasteiger partial charge is 0.366 e. The van der Waals surface area contributed by atoms with Gasteiger partial charge in [0.1, 0.15) is 0 Å². The van der Waals surface area contributed by atoms with E-state index in [-0.39, 0.29) is 5.69 Å². The molecule has 18 heavy (non-hydrogen) atoms. The highest BCUT2D eigenvalue weighted by molar-refractivity contribution is 5.56. The van der Waals surface area contributed by atoms with Gasteiger partial charge in [-0.2, -0.15) is 0 Å². The van der Waals surface area contributed by atoms with Gasteiger partial charge in [0, 0.05) is 31.6 Å². The summed E-state index contributed by atoms with van der Waals surface area (Å²) in [6, 6.07) is 1.45. The van der Waals surface area contributed by atoms with E-state index in [1.54, 1.807) is 11.3 Å². The van der Waals surface area contributed by atoms with E-state index in [4.69, 9.17) is 4.84 Å². The first-order valence-electron chi connectivity index (χ1n) is 5.89. The van der Waals surface area contributed by atoms with Gasteiger partial charge in [-0.05, 0) is 18.9 Å². The summed E-state index contributed by atoms with van der Waals surface area (Å²) in [5.74, 6) is 0.470. The van der Waals surface area contributed by atoms with Gasteiger partial charge in [0.25, 0.3) is 0 Å². The van der Waals surface area contributed by atoms with E-state index in [0.717, 1.165) is 19.4 Å². The van der Waals surface area contributed by atoms with Crippen LogP contribution in [0.3, 0.4) is 0 Å². The third-order valence-corrected chi connectivity index (χ3v) is 2.64. The molecule has 2 heterocycles. The van der Waals surface area contributed by atoms with E-state index in [9.17, 15) is 10.1 Å². The summed E-state index contributed by atoms with van der Waals surface area (Å²) < 4.78 is 0. The van der Waals surface area contributed by atoms with Crippen LogP contribution in [0.15, 0.2) is 24.5 Å². The molecule has 1 aliphatic heterocycles. The van der Waals surface area contributed by atoms with Crippen LogP contribution in [0.4, 0.5) is 11.5 Å². The standard InChI is InChI=1S/C11H16N4O3/c16-15(17)10-4-6-13-11(10)12-5-1-2-7-14-8-3-9-18-14/h3-4,6,8,12-13H,1-2,5,7,9H2. The Hall–Kier alpha value is -2.02. The minimum atomic E-state index is -0.401. The van der Waals surface area contributed by atoms with E-state index >= 15 is 0 Å². The number of nitrogens with zero attached hydrogens (tertiary/aromatic N) is 2. The molecule has 1 aromatic rings. The van der Waals surface area contributed by atoms with Gasteiger partial charge in [0.15, 0.2) is 5.82 Å². The van der Waals surface area contributed by atoms with E-state index < -0.39 is 4.92 Å². The zero-order valence-electron chi connectivity index (χ0n) is 9.96. The molecular weight excluding hydrogens is 236 g/mol. The van der Waals surface area contributed by atoms with Gasteiger partial charge in [-0.3, -0.25) is 20.0 Å². The molecule has 7 nitrogen and oxygen atoms in total. The van der Waals surface area contributed by atoms with Gasteiger partial charge in [-0.25, -0.2) is 0 Å². The van der Waals surface area contributed by atoms with Crippen LogP contribution in [0.25, 0.3) is 0 Å². The number of hydroxylamine groups is 2. The molecule has 2 rings (SSSR count). The lowest BCUT2D eigenvalue weighted by atomic mass is 10.3. The van der Waals surface area contributed by atoms with Crippen LogP contribution in [0.1, 0.15) is 12.8 Å². The Kier molecular flexibility index (Phi) is 4.19. The van der Waals surface area contributed by atoms with Crippen LogP contribution in [0, 0.1) is 10.1 Å². The van der Waals surface area contributed by atoms with Crippen molar-refractivity contribution in [2.24, 2.45) is 0 Å². The van der Waals surface area contributed by atoms with Crippen LogP contribution in [-0.4, -0.2) is 34.7 Å². The third kappa shape index (κ3) is 3.24. The number of nitro groups is 1.